The van der Waals surface area contributed by atoms with Crippen molar-refractivity contribution in [3.8, 4) is 0 Å². The molecule has 3 heteroatoms. The summed E-state index contributed by atoms with van der Waals surface area (Å²) in [6.07, 6.45) is 12.3. The lowest BCUT2D eigenvalue weighted by atomic mass is 10.0. The van der Waals surface area contributed by atoms with Crippen LogP contribution in [0.25, 0.3) is 0 Å². The Balaban J connectivity index is 1.49. The van der Waals surface area contributed by atoms with Crippen molar-refractivity contribution in [1.29, 1.82) is 0 Å². The second-order valence-electron chi connectivity index (χ2n) is 6.10. The Kier molecular flexibility index (Phi) is 3.98. The van der Waals surface area contributed by atoms with E-state index < -0.39 is 0 Å². The van der Waals surface area contributed by atoms with Crippen LogP contribution in [0.3, 0.4) is 0 Å². The molecule has 98 valence electrons. The van der Waals surface area contributed by atoms with Crippen molar-refractivity contribution >= 4 is 11.8 Å². The Labute approximate surface area is 110 Å². The van der Waals surface area contributed by atoms with E-state index in [1.165, 1.54) is 58.0 Å². The lowest BCUT2D eigenvalue weighted by molar-refractivity contribution is 0.138. The van der Waals surface area contributed by atoms with E-state index in [0.717, 1.165) is 23.4 Å². The first-order valence-corrected chi connectivity index (χ1v) is 8.67. The molecule has 0 aromatic heterocycles. The van der Waals surface area contributed by atoms with Crippen LogP contribution in [-0.4, -0.2) is 47.6 Å². The van der Waals surface area contributed by atoms with Crippen LogP contribution in [0.1, 0.15) is 44.9 Å². The van der Waals surface area contributed by atoms with Gasteiger partial charge >= 0.3 is 0 Å². The molecule has 0 spiro atoms. The van der Waals surface area contributed by atoms with Gasteiger partial charge in [-0.1, -0.05) is 0 Å². The zero-order chi connectivity index (χ0) is 11.7. The van der Waals surface area contributed by atoms with Gasteiger partial charge < -0.3 is 5.32 Å². The van der Waals surface area contributed by atoms with E-state index in [2.05, 4.69) is 28.2 Å². The van der Waals surface area contributed by atoms with E-state index in [-0.39, 0.29) is 0 Å². The second-order valence-corrected chi connectivity index (χ2v) is 7.24. The van der Waals surface area contributed by atoms with E-state index in [1.54, 1.807) is 0 Å². The highest BCUT2D eigenvalue weighted by atomic mass is 32.2. The van der Waals surface area contributed by atoms with Crippen molar-refractivity contribution in [2.75, 3.05) is 19.3 Å². The summed E-state index contributed by atoms with van der Waals surface area (Å²) in [4.78, 5) is 2.79. The molecular weight excluding hydrogens is 228 g/mol. The number of thioether (sulfide) groups is 1. The van der Waals surface area contributed by atoms with Crippen molar-refractivity contribution in [3.05, 3.63) is 0 Å². The lowest BCUT2D eigenvalue weighted by Gasteiger charge is -2.37. The van der Waals surface area contributed by atoms with Crippen molar-refractivity contribution in [1.82, 2.24) is 10.2 Å². The molecule has 0 aromatic carbocycles. The van der Waals surface area contributed by atoms with Gasteiger partial charge in [-0.2, -0.15) is 11.8 Å². The number of hydrogen-bond acceptors (Lipinski definition) is 3. The van der Waals surface area contributed by atoms with Crippen molar-refractivity contribution in [3.63, 3.8) is 0 Å². The third kappa shape index (κ3) is 3.18. The predicted molar refractivity (Wildman–Crippen MR) is 75.7 cm³/mol. The second kappa shape index (κ2) is 5.50. The zero-order valence-corrected chi connectivity index (χ0v) is 11.8. The fourth-order valence-corrected chi connectivity index (χ4v) is 4.31. The molecule has 1 aliphatic heterocycles. The Morgan fingerprint density at radius 3 is 2.65 bits per heavy atom. The summed E-state index contributed by atoms with van der Waals surface area (Å²) in [6, 6.07) is 2.57. The molecule has 17 heavy (non-hydrogen) atoms. The Morgan fingerprint density at radius 1 is 1.06 bits per heavy atom. The molecule has 3 unspecified atom stereocenters. The molecule has 3 atom stereocenters. The van der Waals surface area contributed by atoms with E-state index in [1.807, 2.05) is 0 Å². The molecule has 0 radical (unpaired) electrons. The number of piperidine rings is 1. The fourth-order valence-electron chi connectivity index (χ4n) is 3.52. The third-order valence-electron chi connectivity index (χ3n) is 4.71. The van der Waals surface area contributed by atoms with Crippen LogP contribution < -0.4 is 5.32 Å². The smallest absolute Gasteiger partial charge is 0.0198 e. The van der Waals surface area contributed by atoms with Crippen LogP contribution >= 0.6 is 11.8 Å². The number of rotatable bonds is 4. The Morgan fingerprint density at radius 2 is 1.94 bits per heavy atom. The SMILES string of the molecule is CSC1CCC(N2CCCC(NC3CC3)C2)C1. The minimum atomic E-state index is 0.796. The largest absolute Gasteiger partial charge is 0.310 e. The van der Waals surface area contributed by atoms with E-state index >= 15 is 0 Å². The van der Waals surface area contributed by atoms with Gasteiger partial charge in [-0.05, 0) is 57.7 Å². The molecule has 3 rings (SSSR count). The van der Waals surface area contributed by atoms with Crippen LogP contribution in [0, 0.1) is 0 Å². The summed E-state index contributed by atoms with van der Waals surface area (Å²) in [5, 5.41) is 4.77. The molecule has 2 nitrogen and oxygen atoms in total. The lowest BCUT2D eigenvalue weighted by Crippen LogP contribution is -2.49. The Hall–Kier alpha value is 0.270. The van der Waals surface area contributed by atoms with Crippen LogP contribution in [0.2, 0.25) is 0 Å². The fraction of sp³-hybridized carbons (Fsp3) is 1.00. The molecule has 0 bridgehead atoms. The molecular formula is C14H26N2S. The summed E-state index contributed by atoms with van der Waals surface area (Å²) in [5.74, 6) is 0. The molecule has 3 aliphatic rings. The molecule has 0 aromatic rings. The van der Waals surface area contributed by atoms with Gasteiger partial charge in [0.2, 0.25) is 0 Å². The van der Waals surface area contributed by atoms with Crippen LogP contribution in [0.5, 0.6) is 0 Å². The van der Waals surface area contributed by atoms with Gasteiger partial charge in [-0.25, -0.2) is 0 Å². The monoisotopic (exact) mass is 254 g/mol. The normalized spacial score (nSPS) is 39.7. The zero-order valence-electron chi connectivity index (χ0n) is 11.0. The molecule has 1 saturated heterocycles. The first kappa shape index (κ1) is 12.3. The maximum Gasteiger partial charge on any atom is 0.0198 e. The summed E-state index contributed by atoms with van der Waals surface area (Å²) in [5.41, 5.74) is 0. The molecule has 0 amide bonds. The highest BCUT2D eigenvalue weighted by Crippen LogP contribution is 2.33. The standard InChI is InChI=1S/C14H26N2S/c1-17-14-7-6-13(9-14)16-8-2-3-12(10-16)15-11-4-5-11/h11-15H,2-10H2,1H3. The van der Waals surface area contributed by atoms with Gasteiger partial charge in [0.1, 0.15) is 0 Å². The van der Waals surface area contributed by atoms with Gasteiger partial charge in [0, 0.05) is 29.9 Å². The molecule has 1 heterocycles. The highest BCUT2D eigenvalue weighted by Gasteiger charge is 2.33. The Bertz CT molecular complexity index is 255. The number of hydrogen-bond donors (Lipinski definition) is 1. The topological polar surface area (TPSA) is 15.3 Å². The van der Waals surface area contributed by atoms with E-state index in [0.29, 0.717) is 0 Å². The molecule has 2 saturated carbocycles. The van der Waals surface area contributed by atoms with E-state index in [4.69, 9.17) is 0 Å². The average Bonchev–Trinajstić information content (AvgIpc) is 3.04. The minimum absolute atomic E-state index is 0.796. The summed E-state index contributed by atoms with van der Waals surface area (Å²) >= 11 is 2.08. The minimum Gasteiger partial charge on any atom is -0.310 e. The van der Waals surface area contributed by atoms with Crippen molar-refractivity contribution in [2.45, 2.75) is 68.3 Å². The van der Waals surface area contributed by atoms with Crippen LogP contribution in [-0.2, 0) is 0 Å². The number of likely N-dealkylation sites (tertiary alicyclic amines) is 1. The van der Waals surface area contributed by atoms with Crippen LogP contribution in [0.15, 0.2) is 0 Å². The van der Waals surface area contributed by atoms with Gasteiger partial charge in [0.15, 0.2) is 0 Å². The molecule has 2 aliphatic carbocycles. The molecule has 1 N–H and O–H groups in total. The summed E-state index contributed by atoms with van der Waals surface area (Å²) in [6.45, 7) is 2.68. The first-order chi connectivity index (χ1) is 8.35. The quantitative estimate of drug-likeness (QED) is 0.830. The molecule has 3 fully saturated rings. The number of nitrogens with zero attached hydrogens (tertiary/aromatic N) is 1. The third-order valence-corrected chi connectivity index (χ3v) is 5.80. The van der Waals surface area contributed by atoms with Crippen molar-refractivity contribution < 1.29 is 0 Å². The highest BCUT2D eigenvalue weighted by molar-refractivity contribution is 7.99. The first-order valence-electron chi connectivity index (χ1n) is 7.38. The number of nitrogens with one attached hydrogen (secondary N) is 1. The van der Waals surface area contributed by atoms with Gasteiger partial charge in [0.05, 0.1) is 0 Å². The van der Waals surface area contributed by atoms with Gasteiger partial charge in [-0.15, -0.1) is 0 Å². The predicted octanol–water partition coefficient (Wildman–Crippen LogP) is 2.49. The summed E-state index contributed by atoms with van der Waals surface area (Å²) < 4.78 is 0. The van der Waals surface area contributed by atoms with Crippen LogP contribution in [0.4, 0.5) is 0 Å². The van der Waals surface area contributed by atoms with Gasteiger partial charge in [0.25, 0.3) is 0 Å². The van der Waals surface area contributed by atoms with E-state index in [9.17, 15) is 0 Å². The summed E-state index contributed by atoms with van der Waals surface area (Å²) in [7, 11) is 0. The van der Waals surface area contributed by atoms with Crippen molar-refractivity contribution in [2.24, 2.45) is 0 Å². The maximum atomic E-state index is 3.82. The maximum absolute atomic E-state index is 3.82. The average molecular weight is 254 g/mol. The van der Waals surface area contributed by atoms with Gasteiger partial charge in [-0.3, -0.25) is 4.90 Å².